The van der Waals surface area contributed by atoms with Crippen LogP contribution in [0.25, 0.3) is 10.2 Å². The number of carbonyl (C=O) groups excluding carboxylic acids is 1. The molecule has 1 N–H and O–H groups in total. The van der Waals surface area contributed by atoms with Crippen LogP contribution in [0.15, 0.2) is 29.9 Å². The fraction of sp³-hybridized carbons (Fsp3) is 0.278. The number of hydrogen-bond acceptors (Lipinski definition) is 7. The normalized spacial score (nSPS) is 13.7. The number of thiophene rings is 1. The predicted molar refractivity (Wildman–Crippen MR) is 98.8 cm³/mol. The molecular formula is C18H16N6OS. The van der Waals surface area contributed by atoms with Crippen molar-refractivity contribution in [2.24, 2.45) is 0 Å². The van der Waals surface area contributed by atoms with Crippen molar-refractivity contribution in [3.05, 3.63) is 46.7 Å². The number of anilines is 1. The number of amides is 1. The van der Waals surface area contributed by atoms with E-state index >= 15 is 0 Å². The maximum Gasteiger partial charge on any atom is 0.274 e. The van der Waals surface area contributed by atoms with E-state index in [1.165, 1.54) is 17.5 Å². The Morgan fingerprint density at radius 1 is 1.31 bits per heavy atom. The third-order valence-corrected chi connectivity index (χ3v) is 5.18. The molecule has 4 heterocycles. The first-order valence-electron chi connectivity index (χ1n) is 8.37. The minimum Gasteiger partial charge on any atom is -0.350 e. The van der Waals surface area contributed by atoms with Crippen molar-refractivity contribution in [1.29, 1.82) is 5.26 Å². The summed E-state index contributed by atoms with van der Waals surface area (Å²) in [6.07, 6.45) is 5.28. The summed E-state index contributed by atoms with van der Waals surface area (Å²) in [7, 11) is 0. The maximum atomic E-state index is 12.8. The average Bonchev–Trinajstić information content (AvgIpc) is 3.37. The first kappa shape index (κ1) is 16.4. The number of carbonyl (C=O) groups is 1. The van der Waals surface area contributed by atoms with Crippen LogP contribution in [0.1, 0.15) is 34.5 Å². The molecule has 3 aromatic rings. The van der Waals surface area contributed by atoms with Gasteiger partial charge in [0.2, 0.25) is 5.95 Å². The Morgan fingerprint density at radius 3 is 2.96 bits per heavy atom. The lowest BCUT2D eigenvalue weighted by Gasteiger charge is -2.15. The molecule has 26 heavy (non-hydrogen) atoms. The predicted octanol–water partition coefficient (Wildman–Crippen LogP) is 2.81. The van der Waals surface area contributed by atoms with Crippen LogP contribution in [0, 0.1) is 11.3 Å². The molecule has 8 heteroatoms. The Hall–Kier alpha value is -3.05. The second-order valence-corrected chi connectivity index (χ2v) is 6.99. The van der Waals surface area contributed by atoms with E-state index < -0.39 is 0 Å². The SMILES string of the molecule is N#Cc1cncc(CNc2nc(C(=O)N3CCCC3)c3sccc3n2)c1. The molecule has 0 unspecified atom stereocenters. The molecule has 0 aliphatic carbocycles. The van der Waals surface area contributed by atoms with Gasteiger partial charge in [-0.25, -0.2) is 9.97 Å². The van der Waals surface area contributed by atoms with E-state index in [-0.39, 0.29) is 5.91 Å². The summed E-state index contributed by atoms with van der Waals surface area (Å²) in [5.74, 6) is 0.370. The lowest BCUT2D eigenvalue weighted by Crippen LogP contribution is -2.28. The van der Waals surface area contributed by atoms with Crippen LogP contribution < -0.4 is 5.32 Å². The van der Waals surface area contributed by atoms with Crippen molar-refractivity contribution in [3.8, 4) is 6.07 Å². The van der Waals surface area contributed by atoms with Crippen molar-refractivity contribution in [1.82, 2.24) is 19.9 Å². The molecule has 7 nitrogen and oxygen atoms in total. The smallest absolute Gasteiger partial charge is 0.274 e. The van der Waals surface area contributed by atoms with Gasteiger partial charge in [0.25, 0.3) is 5.91 Å². The number of nitrogens with one attached hydrogen (secondary N) is 1. The highest BCUT2D eigenvalue weighted by Crippen LogP contribution is 2.26. The largest absolute Gasteiger partial charge is 0.350 e. The quantitative estimate of drug-likeness (QED) is 0.765. The van der Waals surface area contributed by atoms with Crippen molar-refractivity contribution >= 4 is 33.4 Å². The molecule has 3 aromatic heterocycles. The van der Waals surface area contributed by atoms with Crippen LogP contribution >= 0.6 is 11.3 Å². The zero-order chi connectivity index (χ0) is 17.9. The van der Waals surface area contributed by atoms with E-state index in [9.17, 15) is 4.79 Å². The van der Waals surface area contributed by atoms with Gasteiger partial charge in [-0.1, -0.05) is 0 Å². The maximum absolute atomic E-state index is 12.8. The van der Waals surface area contributed by atoms with Crippen molar-refractivity contribution < 1.29 is 4.79 Å². The second kappa shape index (κ2) is 7.06. The van der Waals surface area contributed by atoms with E-state index in [0.29, 0.717) is 23.8 Å². The van der Waals surface area contributed by atoms with Crippen LogP contribution in [0.2, 0.25) is 0 Å². The Morgan fingerprint density at radius 2 is 2.15 bits per heavy atom. The molecule has 1 aliphatic rings. The third kappa shape index (κ3) is 3.21. The van der Waals surface area contributed by atoms with Gasteiger partial charge in [0.1, 0.15) is 6.07 Å². The van der Waals surface area contributed by atoms with Crippen molar-refractivity contribution in [2.75, 3.05) is 18.4 Å². The Labute approximate surface area is 154 Å². The number of hydrogen-bond donors (Lipinski definition) is 1. The molecule has 0 radical (unpaired) electrons. The van der Waals surface area contributed by atoms with Gasteiger partial charge >= 0.3 is 0 Å². The molecule has 0 bridgehead atoms. The van der Waals surface area contributed by atoms with Crippen LogP contribution in [-0.2, 0) is 6.54 Å². The number of nitriles is 1. The Kier molecular flexibility index (Phi) is 4.46. The van der Waals surface area contributed by atoms with E-state index in [2.05, 4.69) is 26.3 Å². The summed E-state index contributed by atoms with van der Waals surface area (Å²) in [6.45, 7) is 1.99. The highest BCUT2D eigenvalue weighted by molar-refractivity contribution is 7.17. The summed E-state index contributed by atoms with van der Waals surface area (Å²) in [4.78, 5) is 27.7. The summed E-state index contributed by atoms with van der Waals surface area (Å²) < 4.78 is 0.820. The van der Waals surface area contributed by atoms with Gasteiger partial charge in [0.05, 0.1) is 15.8 Å². The van der Waals surface area contributed by atoms with Crippen LogP contribution in [0.3, 0.4) is 0 Å². The zero-order valence-corrected chi connectivity index (χ0v) is 14.8. The summed E-state index contributed by atoms with van der Waals surface area (Å²) in [5, 5.41) is 14.0. The topological polar surface area (TPSA) is 94.8 Å². The van der Waals surface area contributed by atoms with Gasteiger partial charge < -0.3 is 10.2 Å². The number of pyridine rings is 1. The zero-order valence-electron chi connectivity index (χ0n) is 14.0. The first-order valence-corrected chi connectivity index (χ1v) is 9.25. The van der Waals surface area contributed by atoms with Gasteiger partial charge in [-0.05, 0) is 35.9 Å². The van der Waals surface area contributed by atoms with Gasteiger partial charge in [-0.2, -0.15) is 5.26 Å². The average molecular weight is 364 g/mol. The van der Waals surface area contributed by atoms with E-state index in [1.807, 2.05) is 16.3 Å². The van der Waals surface area contributed by atoms with Gasteiger partial charge in [0, 0.05) is 32.0 Å². The van der Waals surface area contributed by atoms with E-state index in [4.69, 9.17) is 5.26 Å². The Bertz CT molecular complexity index is 1000. The fourth-order valence-electron chi connectivity index (χ4n) is 2.98. The fourth-order valence-corrected chi connectivity index (χ4v) is 3.80. The molecule has 1 amide bonds. The number of likely N-dealkylation sites (tertiary alicyclic amines) is 1. The molecule has 0 saturated carbocycles. The molecule has 1 fully saturated rings. The highest BCUT2D eigenvalue weighted by atomic mass is 32.1. The van der Waals surface area contributed by atoms with Crippen LogP contribution in [0.5, 0.6) is 0 Å². The van der Waals surface area contributed by atoms with Crippen molar-refractivity contribution in [3.63, 3.8) is 0 Å². The van der Waals surface area contributed by atoms with Crippen molar-refractivity contribution in [2.45, 2.75) is 19.4 Å². The molecule has 0 atom stereocenters. The lowest BCUT2D eigenvalue weighted by atomic mass is 10.2. The highest BCUT2D eigenvalue weighted by Gasteiger charge is 2.24. The Balaban J connectivity index is 1.61. The molecule has 1 aliphatic heterocycles. The lowest BCUT2D eigenvalue weighted by molar-refractivity contribution is 0.0789. The molecule has 130 valence electrons. The van der Waals surface area contributed by atoms with Crippen LogP contribution in [0.4, 0.5) is 5.95 Å². The summed E-state index contributed by atoms with van der Waals surface area (Å²) in [6, 6.07) is 5.73. The minimum atomic E-state index is -0.0338. The van der Waals surface area contributed by atoms with Crippen LogP contribution in [-0.4, -0.2) is 38.8 Å². The molecule has 0 spiro atoms. The third-order valence-electron chi connectivity index (χ3n) is 4.27. The van der Waals surface area contributed by atoms with E-state index in [1.54, 1.807) is 12.3 Å². The number of nitrogens with zero attached hydrogens (tertiary/aromatic N) is 5. The molecule has 4 rings (SSSR count). The minimum absolute atomic E-state index is 0.0338. The first-order chi connectivity index (χ1) is 12.7. The monoisotopic (exact) mass is 364 g/mol. The standard InChI is InChI=1S/C18H16N6OS/c19-8-12-7-13(10-20-9-12)11-21-18-22-14-3-6-26-16(14)15(23-18)17(25)24-4-1-2-5-24/h3,6-7,9-10H,1-2,4-5,11H2,(H,21,22,23). The second-order valence-electron chi connectivity index (χ2n) is 6.08. The number of rotatable bonds is 4. The van der Waals surface area contributed by atoms with E-state index in [0.717, 1.165) is 41.7 Å². The van der Waals surface area contributed by atoms with Gasteiger partial charge in [-0.15, -0.1) is 11.3 Å². The number of aromatic nitrogens is 3. The summed E-state index contributed by atoms with van der Waals surface area (Å²) in [5.41, 5.74) is 2.58. The molecule has 1 saturated heterocycles. The van der Waals surface area contributed by atoms with Gasteiger partial charge in [0.15, 0.2) is 5.69 Å². The summed E-state index contributed by atoms with van der Waals surface area (Å²) >= 11 is 1.48. The molecular weight excluding hydrogens is 348 g/mol. The van der Waals surface area contributed by atoms with Gasteiger partial charge in [-0.3, -0.25) is 9.78 Å². The number of fused-ring (bicyclic) bond motifs is 1. The molecule has 0 aromatic carbocycles.